The molecule has 0 atom stereocenters. The van der Waals surface area contributed by atoms with Gasteiger partial charge in [0, 0.05) is 16.5 Å². The largest absolute Gasteiger partial charge is 0.487 e. The summed E-state index contributed by atoms with van der Waals surface area (Å²) in [7, 11) is 0. The SMILES string of the molecule is O=Cc1cc(OCc2ccc3cc(F)ccc3n2)ccc1-c1nn[nH]n1. The molecule has 1 N–H and O–H groups in total. The van der Waals surface area contributed by atoms with Crippen molar-refractivity contribution in [2.75, 3.05) is 0 Å². The van der Waals surface area contributed by atoms with E-state index < -0.39 is 0 Å². The van der Waals surface area contributed by atoms with Crippen LogP contribution in [0, 0.1) is 5.82 Å². The van der Waals surface area contributed by atoms with Crippen LogP contribution in [0.1, 0.15) is 16.1 Å². The predicted octanol–water partition coefficient (Wildman–Crippen LogP) is 2.95. The van der Waals surface area contributed by atoms with Gasteiger partial charge < -0.3 is 4.74 Å². The second-order valence-corrected chi connectivity index (χ2v) is 5.53. The number of hydrogen-bond acceptors (Lipinski definition) is 6. The summed E-state index contributed by atoms with van der Waals surface area (Å²) in [6, 6.07) is 13.0. The molecule has 0 aliphatic rings. The molecular weight excluding hydrogens is 337 g/mol. The Labute approximate surface area is 146 Å². The molecule has 4 aromatic rings. The first-order valence-electron chi connectivity index (χ1n) is 7.74. The molecule has 128 valence electrons. The number of halogens is 1. The van der Waals surface area contributed by atoms with E-state index in [4.69, 9.17) is 4.74 Å². The van der Waals surface area contributed by atoms with E-state index in [1.54, 1.807) is 36.4 Å². The first kappa shape index (κ1) is 15.8. The Morgan fingerprint density at radius 2 is 2.04 bits per heavy atom. The minimum Gasteiger partial charge on any atom is -0.487 e. The second-order valence-electron chi connectivity index (χ2n) is 5.53. The standard InChI is InChI=1S/C18H12FN5O2/c19-13-2-6-17-11(7-13)1-3-14(20-17)10-26-15-4-5-16(12(8-15)9-25)18-21-23-24-22-18/h1-9H,10H2,(H,21,22,23,24). The maximum absolute atomic E-state index is 13.2. The highest BCUT2D eigenvalue weighted by molar-refractivity contribution is 5.86. The van der Waals surface area contributed by atoms with Crippen LogP contribution in [-0.4, -0.2) is 31.9 Å². The van der Waals surface area contributed by atoms with E-state index in [2.05, 4.69) is 25.6 Å². The maximum Gasteiger partial charge on any atom is 0.205 e. The molecule has 0 saturated carbocycles. The molecule has 0 saturated heterocycles. The number of nitrogens with zero attached hydrogens (tertiary/aromatic N) is 4. The third-order valence-electron chi connectivity index (χ3n) is 3.83. The number of hydrogen-bond donors (Lipinski definition) is 1. The zero-order chi connectivity index (χ0) is 17.9. The first-order valence-corrected chi connectivity index (χ1v) is 7.74. The summed E-state index contributed by atoms with van der Waals surface area (Å²) in [6.07, 6.45) is 0.710. The zero-order valence-corrected chi connectivity index (χ0v) is 13.4. The summed E-state index contributed by atoms with van der Waals surface area (Å²) in [6.45, 7) is 0.215. The molecule has 0 radical (unpaired) electrons. The van der Waals surface area contributed by atoms with Gasteiger partial charge in [-0.1, -0.05) is 6.07 Å². The number of carbonyl (C=O) groups is 1. The number of aromatic nitrogens is 5. The highest BCUT2D eigenvalue weighted by atomic mass is 19.1. The van der Waals surface area contributed by atoms with Gasteiger partial charge in [0.2, 0.25) is 5.82 Å². The monoisotopic (exact) mass is 349 g/mol. The molecule has 26 heavy (non-hydrogen) atoms. The fraction of sp³-hybridized carbons (Fsp3) is 0.0556. The van der Waals surface area contributed by atoms with E-state index in [9.17, 15) is 9.18 Å². The number of benzene rings is 2. The summed E-state index contributed by atoms with van der Waals surface area (Å²) < 4.78 is 18.9. The summed E-state index contributed by atoms with van der Waals surface area (Å²) in [5.41, 5.74) is 2.34. The summed E-state index contributed by atoms with van der Waals surface area (Å²) in [5.74, 6) is 0.550. The highest BCUT2D eigenvalue weighted by Gasteiger charge is 2.10. The van der Waals surface area contributed by atoms with Crippen LogP contribution < -0.4 is 4.74 Å². The number of H-pyrrole nitrogens is 1. The van der Waals surface area contributed by atoms with Gasteiger partial charge in [0.1, 0.15) is 18.2 Å². The number of nitrogens with one attached hydrogen (secondary N) is 1. The Morgan fingerprint density at radius 1 is 1.12 bits per heavy atom. The van der Waals surface area contributed by atoms with Gasteiger partial charge in [0.15, 0.2) is 6.29 Å². The number of aromatic amines is 1. The Morgan fingerprint density at radius 3 is 2.85 bits per heavy atom. The molecule has 0 fully saturated rings. The van der Waals surface area contributed by atoms with E-state index >= 15 is 0 Å². The zero-order valence-electron chi connectivity index (χ0n) is 13.4. The van der Waals surface area contributed by atoms with Gasteiger partial charge in [-0.05, 0) is 47.7 Å². The lowest BCUT2D eigenvalue weighted by atomic mass is 10.1. The smallest absolute Gasteiger partial charge is 0.205 e. The molecule has 4 rings (SSSR count). The van der Waals surface area contributed by atoms with Crippen molar-refractivity contribution >= 4 is 17.2 Å². The second kappa shape index (κ2) is 6.67. The molecule has 0 spiro atoms. The van der Waals surface area contributed by atoms with Crippen LogP contribution in [-0.2, 0) is 6.61 Å². The minimum absolute atomic E-state index is 0.215. The minimum atomic E-state index is -0.300. The average Bonchev–Trinajstić information content (AvgIpc) is 3.20. The van der Waals surface area contributed by atoms with Crippen LogP contribution in [0.15, 0.2) is 48.5 Å². The third kappa shape index (κ3) is 3.12. The van der Waals surface area contributed by atoms with Gasteiger partial charge in [-0.3, -0.25) is 4.79 Å². The van der Waals surface area contributed by atoms with Crippen LogP contribution >= 0.6 is 0 Å². The van der Waals surface area contributed by atoms with Gasteiger partial charge in [-0.25, -0.2) is 9.37 Å². The van der Waals surface area contributed by atoms with E-state index in [1.807, 2.05) is 0 Å². The van der Waals surface area contributed by atoms with Crippen molar-refractivity contribution in [1.29, 1.82) is 0 Å². The molecule has 0 aliphatic heterocycles. The highest BCUT2D eigenvalue weighted by Crippen LogP contribution is 2.24. The lowest BCUT2D eigenvalue weighted by Crippen LogP contribution is -2.00. The molecule has 0 aliphatic carbocycles. The topological polar surface area (TPSA) is 93.6 Å². The molecule has 2 aromatic carbocycles. The molecule has 0 amide bonds. The number of carbonyl (C=O) groups excluding carboxylic acids is 1. The van der Waals surface area contributed by atoms with Crippen molar-refractivity contribution in [3.8, 4) is 17.1 Å². The van der Waals surface area contributed by atoms with Crippen molar-refractivity contribution in [2.24, 2.45) is 0 Å². The van der Waals surface area contributed by atoms with Gasteiger partial charge in [0.05, 0.1) is 11.2 Å². The summed E-state index contributed by atoms with van der Waals surface area (Å²) >= 11 is 0. The van der Waals surface area contributed by atoms with Crippen LogP contribution in [0.4, 0.5) is 4.39 Å². The number of rotatable bonds is 5. The predicted molar refractivity (Wildman–Crippen MR) is 91.0 cm³/mol. The van der Waals surface area contributed by atoms with Gasteiger partial charge in [-0.15, -0.1) is 10.2 Å². The average molecular weight is 349 g/mol. The maximum atomic E-state index is 13.2. The van der Waals surface area contributed by atoms with Gasteiger partial charge >= 0.3 is 0 Å². The molecule has 2 aromatic heterocycles. The molecule has 8 heteroatoms. The lowest BCUT2D eigenvalue weighted by molar-refractivity contribution is 0.112. The van der Waals surface area contributed by atoms with Crippen LogP contribution in [0.5, 0.6) is 5.75 Å². The fourth-order valence-corrected chi connectivity index (χ4v) is 2.58. The number of fused-ring (bicyclic) bond motifs is 1. The normalized spacial score (nSPS) is 10.8. The van der Waals surface area contributed by atoms with Crippen LogP contribution in [0.2, 0.25) is 0 Å². The molecule has 7 nitrogen and oxygen atoms in total. The molecular formula is C18H12FN5O2. The molecule has 0 unspecified atom stereocenters. The Balaban J connectivity index is 1.54. The van der Waals surface area contributed by atoms with E-state index in [0.29, 0.717) is 40.2 Å². The Hall–Kier alpha value is -3.68. The van der Waals surface area contributed by atoms with Crippen molar-refractivity contribution in [3.63, 3.8) is 0 Å². The number of aldehydes is 1. The number of pyridine rings is 1. The quantitative estimate of drug-likeness (QED) is 0.557. The van der Waals surface area contributed by atoms with Gasteiger partial charge in [0.25, 0.3) is 0 Å². The number of ether oxygens (including phenoxy) is 1. The van der Waals surface area contributed by atoms with Gasteiger partial charge in [-0.2, -0.15) is 5.21 Å². The lowest BCUT2D eigenvalue weighted by Gasteiger charge is -2.08. The van der Waals surface area contributed by atoms with Crippen molar-refractivity contribution in [1.82, 2.24) is 25.6 Å². The summed E-state index contributed by atoms with van der Waals surface area (Å²) in [5, 5.41) is 14.3. The Kier molecular flexibility index (Phi) is 4.06. The van der Waals surface area contributed by atoms with E-state index in [-0.39, 0.29) is 12.4 Å². The third-order valence-corrected chi connectivity index (χ3v) is 3.83. The molecule has 0 bridgehead atoms. The van der Waals surface area contributed by atoms with E-state index in [1.165, 1.54) is 12.1 Å². The molecule has 2 heterocycles. The van der Waals surface area contributed by atoms with Crippen molar-refractivity contribution in [2.45, 2.75) is 6.61 Å². The van der Waals surface area contributed by atoms with E-state index in [0.717, 1.165) is 5.39 Å². The van der Waals surface area contributed by atoms with Crippen molar-refractivity contribution in [3.05, 3.63) is 65.6 Å². The summed E-state index contributed by atoms with van der Waals surface area (Å²) in [4.78, 5) is 15.8. The Bertz CT molecular complexity index is 1080. The first-order chi connectivity index (χ1) is 12.7. The fourth-order valence-electron chi connectivity index (χ4n) is 2.58. The number of tetrazole rings is 1. The van der Waals surface area contributed by atoms with Crippen LogP contribution in [0.3, 0.4) is 0 Å². The van der Waals surface area contributed by atoms with Crippen molar-refractivity contribution < 1.29 is 13.9 Å². The van der Waals surface area contributed by atoms with Crippen LogP contribution in [0.25, 0.3) is 22.3 Å².